The summed E-state index contributed by atoms with van der Waals surface area (Å²) in [5, 5.41) is 9.27. The first-order valence-corrected chi connectivity index (χ1v) is 4.62. The number of ether oxygens (including phenoxy) is 1. The van der Waals surface area contributed by atoms with E-state index in [-0.39, 0.29) is 5.75 Å². The lowest BCUT2D eigenvalue weighted by Crippen LogP contribution is -2.37. The lowest BCUT2D eigenvalue weighted by Gasteiger charge is -2.26. The highest BCUT2D eigenvalue weighted by Gasteiger charge is 2.14. The Morgan fingerprint density at radius 3 is 2.79 bits per heavy atom. The molecule has 5 nitrogen and oxygen atoms in total. The standard InChI is InChI=1S/C9H13N3O2/c1-7-8(13)6-10-9(11-7)12-2-4-14-5-3-12/h6,13H,2-5H2,1H3. The summed E-state index contributed by atoms with van der Waals surface area (Å²) in [6, 6.07) is 0. The van der Waals surface area contributed by atoms with Crippen LogP contribution in [0, 0.1) is 6.92 Å². The number of morpholine rings is 1. The highest BCUT2D eigenvalue weighted by molar-refractivity contribution is 5.35. The zero-order valence-electron chi connectivity index (χ0n) is 8.10. The third-order valence-electron chi connectivity index (χ3n) is 2.23. The number of hydrogen-bond acceptors (Lipinski definition) is 5. The molecule has 2 heterocycles. The number of aromatic hydroxyl groups is 1. The van der Waals surface area contributed by atoms with Crippen molar-refractivity contribution in [1.29, 1.82) is 0 Å². The molecule has 1 N–H and O–H groups in total. The minimum Gasteiger partial charge on any atom is -0.504 e. The molecule has 76 valence electrons. The smallest absolute Gasteiger partial charge is 0.225 e. The van der Waals surface area contributed by atoms with Crippen molar-refractivity contribution in [2.75, 3.05) is 31.2 Å². The maximum absolute atomic E-state index is 9.27. The Bertz CT molecular complexity index is 324. The maximum Gasteiger partial charge on any atom is 0.225 e. The molecule has 0 amide bonds. The summed E-state index contributed by atoms with van der Waals surface area (Å²) in [5.74, 6) is 0.811. The van der Waals surface area contributed by atoms with Crippen LogP contribution in [0.5, 0.6) is 5.75 Å². The Labute approximate surface area is 82.4 Å². The van der Waals surface area contributed by atoms with Gasteiger partial charge in [-0.1, -0.05) is 0 Å². The molecular weight excluding hydrogens is 182 g/mol. The molecule has 0 saturated carbocycles. The van der Waals surface area contributed by atoms with E-state index >= 15 is 0 Å². The Morgan fingerprint density at radius 2 is 2.14 bits per heavy atom. The Hall–Kier alpha value is -1.36. The predicted molar refractivity (Wildman–Crippen MR) is 51.5 cm³/mol. The third-order valence-corrected chi connectivity index (χ3v) is 2.23. The third kappa shape index (κ3) is 1.77. The van der Waals surface area contributed by atoms with Gasteiger partial charge in [0.05, 0.1) is 25.1 Å². The van der Waals surface area contributed by atoms with Crippen LogP contribution in [0.3, 0.4) is 0 Å². The van der Waals surface area contributed by atoms with Gasteiger partial charge >= 0.3 is 0 Å². The number of nitrogens with zero attached hydrogens (tertiary/aromatic N) is 3. The van der Waals surface area contributed by atoms with Crippen LogP contribution in [0.15, 0.2) is 6.20 Å². The summed E-state index contributed by atoms with van der Waals surface area (Å²) in [5.41, 5.74) is 0.612. The van der Waals surface area contributed by atoms with E-state index in [1.165, 1.54) is 6.20 Å². The molecule has 1 aromatic rings. The van der Waals surface area contributed by atoms with Gasteiger partial charge in [0.1, 0.15) is 0 Å². The number of rotatable bonds is 1. The van der Waals surface area contributed by atoms with E-state index in [2.05, 4.69) is 14.9 Å². The summed E-state index contributed by atoms with van der Waals surface area (Å²) >= 11 is 0. The van der Waals surface area contributed by atoms with E-state index in [9.17, 15) is 5.11 Å². The molecule has 1 aliphatic heterocycles. The second-order valence-corrected chi connectivity index (χ2v) is 3.24. The van der Waals surface area contributed by atoms with Crippen molar-refractivity contribution in [3.63, 3.8) is 0 Å². The fourth-order valence-corrected chi connectivity index (χ4v) is 1.36. The van der Waals surface area contributed by atoms with Gasteiger partial charge in [-0.25, -0.2) is 9.97 Å². The first-order chi connectivity index (χ1) is 6.77. The molecule has 0 spiro atoms. The van der Waals surface area contributed by atoms with Crippen molar-refractivity contribution in [3.05, 3.63) is 11.9 Å². The van der Waals surface area contributed by atoms with Gasteiger partial charge in [0, 0.05) is 13.1 Å². The van der Waals surface area contributed by atoms with Crippen LogP contribution in [0.4, 0.5) is 5.95 Å². The van der Waals surface area contributed by atoms with Gasteiger partial charge in [-0.3, -0.25) is 0 Å². The van der Waals surface area contributed by atoms with Crippen LogP contribution in [0.1, 0.15) is 5.69 Å². The molecule has 1 fully saturated rings. The van der Waals surface area contributed by atoms with Crippen molar-refractivity contribution in [3.8, 4) is 5.75 Å². The summed E-state index contributed by atoms with van der Waals surface area (Å²) in [7, 11) is 0. The molecule has 2 rings (SSSR count). The van der Waals surface area contributed by atoms with Gasteiger partial charge in [-0.15, -0.1) is 0 Å². The quantitative estimate of drug-likeness (QED) is 0.699. The monoisotopic (exact) mass is 195 g/mol. The molecule has 0 bridgehead atoms. The van der Waals surface area contributed by atoms with Gasteiger partial charge in [-0.05, 0) is 6.92 Å². The number of aryl methyl sites for hydroxylation is 1. The van der Waals surface area contributed by atoms with Gasteiger partial charge in [-0.2, -0.15) is 0 Å². The number of hydrogen-bond donors (Lipinski definition) is 1. The molecule has 1 aliphatic rings. The van der Waals surface area contributed by atoms with Crippen LogP contribution < -0.4 is 4.90 Å². The predicted octanol–water partition coefficient (Wildman–Crippen LogP) is 0.327. The average molecular weight is 195 g/mol. The largest absolute Gasteiger partial charge is 0.504 e. The molecule has 0 unspecified atom stereocenters. The molecule has 0 aromatic carbocycles. The zero-order chi connectivity index (χ0) is 9.97. The highest BCUT2D eigenvalue weighted by atomic mass is 16.5. The van der Waals surface area contributed by atoms with Crippen LogP contribution in [0.2, 0.25) is 0 Å². The van der Waals surface area contributed by atoms with Crippen molar-refractivity contribution in [1.82, 2.24) is 9.97 Å². The van der Waals surface area contributed by atoms with Crippen molar-refractivity contribution >= 4 is 5.95 Å². The zero-order valence-corrected chi connectivity index (χ0v) is 8.10. The van der Waals surface area contributed by atoms with Crippen LogP contribution >= 0.6 is 0 Å². The molecule has 1 saturated heterocycles. The lowest BCUT2D eigenvalue weighted by atomic mass is 10.4. The fourth-order valence-electron chi connectivity index (χ4n) is 1.36. The molecule has 0 aliphatic carbocycles. The summed E-state index contributed by atoms with van der Waals surface area (Å²) in [6.07, 6.45) is 1.44. The van der Waals surface area contributed by atoms with E-state index < -0.39 is 0 Å². The van der Waals surface area contributed by atoms with Gasteiger partial charge < -0.3 is 14.7 Å². The van der Waals surface area contributed by atoms with Gasteiger partial charge in [0.15, 0.2) is 5.75 Å². The Morgan fingerprint density at radius 1 is 1.43 bits per heavy atom. The average Bonchev–Trinajstić information content (AvgIpc) is 2.23. The normalized spacial score (nSPS) is 17.1. The second kappa shape index (κ2) is 3.79. The molecule has 14 heavy (non-hydrogen) atoms. The Balaban J connectivity index is 2.18. The maximum atomic E-state index is 9.27. The SMILES string of the molecule is Cc1nc(N2CCOCC2)ncc1O. The van der Waals surface area contributed by atoms with E-state index in [1.807, 2.05) is 0 Å². The Kier molecular flexibility index (Phi) is 2.49. The van der Waals surface area contributed by atoms with Crippen molar-refractivity contribution < 1.29 is 9.84 Å². The minimum atomic E-state index is 0.141. The van der Waals surface area contributed by atoms with Gasteiger partial charge in [0.2, 0.25) is 5.95 Å². The summed E-state index contributed by atoms with van der Waals surface area (Å²) in [4.78, 5) is 10.3. The number of aromatic nitrogens is 2. The summed E-state index contributed by atoms with van der Waals surface area (Å²) < 4.78 is 5.23. The topological polar surface area (TPSA) is 58.5 Å². The van der Waals surface area contributed by atoms with E-state index in [4.69, 9.17) is 4.74 Å². The van der Waals surface area contributed by atoms with E-state index in [0.717, 1.165) is 13.1 Å². The molecule has 5 heteroatoms. The highest BCUT2D eigenvalue weighted by Crippen LogP contribution is 2.16. The van der Waals surface area contributed by atoms with Crippen LogP contribution in [-0.4, -0.2) is 41.4 Å². The van der Waals surface area contributed by atoms with Crippen LogP contribution in [-0.2, 0) is 4.74 Å². The first-order valence-electron chi connectivity index (χ1n) is 4.62. The first kappa shape index (κ1) is 9.21. The van der Waals surface area contributed by atoms with E-state index in [1.54, 1.807) is 6.92 Å². The number of anilines is 1. The molecular formula is C9H13N3O2. The van der Waals surface area contributed by atoms with Crippen molar-refractivity contribution in [2.24, 2.45) is 0 Å². The molecule has 1 aromatic heterocycles. The molecule has 0 radical (unpaired) electrons. The van der Waals surface area contributed by atoms with E-state index in [0.29, 0.717) is 24.9 Å². The lowest BCUT2D eigenvalue weighted by molar-refractivity contribution is 0.122. The minimum absolute atomic E-state index is 0.141. The van der Waals surface area contributed by atoms with Gasteiger partial charge in [0.25, 0.3) is 0 Å². The fraction of sp³-hybridized carbons (Fsp3) is 0.556. The second-order valence-electron chi connectivity index (χ2n) is 3.24. The molecule has 0 atom stereocenters. The van der Waals surface area contributed by atoms with Crippen LogP contribution in [0.25, 0.3) is 0 Å². The van der Waals surface area contributed by atoms with Crippen molar-refractivity contribution in [2.45, 2.75) is 6.92 Å². The summed E-state index contributed by atoms with van der Waals surface area (Å²) in [6.45, 7) is 4.81.